The molecule has 104 valence electrons. The van der Waals surface area contributed by atoms with Gasteiger partial charge in [0.05, 0.1) is 0 Å². The van der Waals surface area contributed by atoms with Crippen molar-refractivity contribution in [3.63, 3.8) is 0 Å². The highest BCUT2D eigenvalue weighted by Crippen LogP contribution is 2.25. The van der Waals surface area contributed by atoms with Crippen molar-refractivity contribution in [2.45, 2.75) is 30.1 Å². The maximum Gasteiger partial charge on any atom is 0.230 e. The van der Waals surface area contributed by atoms with Gasteiger partial charge in [-0.05, 0) is 49.2 Å². The number of rotatable bonds is 3. The Bertz CT molecular complexity index is 617. The van der Waals surface area contributed by atoms with Crippen LogP contribution in [0.2, 0.25) is 5.28 Å². The van der Waals surface area contributed by atoms with Crippen molar-refractivity contribution in [1.82, 2.24) is 24.9 Å². The normalized spacial score (nSPS) is 14.8. The van der Waals surface area contributed by atoms with Crippen molar-refractivity contribution in [1.29, 1.82) is 0 Å². The van der Waals surface area contributed by atoms with E-state index in [4.69, 9.17) is 11.6 Å². The number of nitrogens with zero attached hydrogens (tertiary/aromatic N) is 6. The Kier molecular flexibility index (Phi) is 3.98. The predicted molar refractivity (Wildman–Crippen MR) is 77.2 cm³/mol. The molecule has 0 bridgehead atoms. The van der Waals surface area contributed by atoms with Crippen molar-refractivity contribution >= 4 is 29.3 Å². The maximum atomic E-state index is 5.98. The van der Waals surface area contributed by atoms with Gasteiger partial charge < -0.3 is 4.90 Å². The summed E-state index contributed by atoms with van der Waals surface area (Å²) in [5, 5.41) is 1.34. The number of anilines is 1. The van der Waals surface area contributed by atoms with Crippen molar-refractivity contribution in [3.05, 3.63) is 23.2 Å². The molecule has 0 unspecified atom stereocenters. The second-order valence-corrected chi connectivity index (χ2v) is 5.74. The highest BCUT2D eigenvalue weighted by Gasteiger charge is 2.17. The molecule has 20 heavy (non-hydrogen) atoms. The molecule has 6 nitrogen and oxygen atoms in total. The third kappa shape index (κ3) is 3.16. The second kappa shape index (κ2) is 5.88. The molecule has 8 heteroatoms. The fourth-order valence-corrected chi connectivity index (χ4v) is 2.91. The molecule has 0 atom stereocenters. The van der Waals surface area contributed by atoms with Gasteiger partial charge in [0.2, 0.25) is 16.4 Å². The number of aromatic nitrogens is 5. The Hall–Kier alpha value is -1.47. The first kappa shape index (κ1) is 13.5. The van der Waals surface area contributed by atoms with E-state index >= 15 is 0 Å². The smallest absolute Gasteiger partial charge is 0.230 e. The predicted octanol–water partition coefficient (Wildman–Crippen LogP) is 2.37. The van der Waals surface area contributed by atoms with Crippen LogP contribution < -0.4 is 4.90 Å². The summed E-state index contributed by atoms with van der Waals surface area (Å²) in [5.74, 6) is 0.637. The van der Waals surface area contributed by atoms with Crippen LogP contribution >= 0.6 is 23.4 Å². The van der Waals surface area contributed by atoms with E-state index < -0.39 is 0 Å². The molecule has 1 aliphatic rings. The lowest BCUT2D eigenvalue weighted by atomic mass is 10.4. The Morgan fingerprint density at radius 3 is 2.65 bits per heavy atom. The Morgan fingerprint density at radius 1 is 1.10 bits per heavy atom. The van der Waals surface area contributed by atoms with Gasteiger partial charge in [0.15, 0.2) is 5.16 Å². The van der Waals surface area contributed by atoms with Gasteiger partial charge in [-0.25, -0.2) is 9.97 Å². The molecular formula is C12H13ClN6S. The van der Waals surface area contributed by atoms with Gasteiger partial charge >= 0.3 is 0 Å². The minimum Gasteiger partial charge on any atom is -0.341 e. The minimum atomic E-state index is 0.206. The van der Waals surface area contributed by atoms with E-state index in [0.717, 1.165) is 31.6 Å². The summed E-state index contributed by atoms with van der Waals surface area (Å²) in [5.41, 5.74) is 0.905. The molecular weight excluding hydrogens is 296 g/mol. The standard InChI is InChI=1S/C12H13ClN6S/c1-8-4-5-14-11(15-8)20-12-17-9(13)16-10(18-12)19-6-2-3-7-19/h4-5H,2-3,6-7H2,1H3. The summed E-state index contributed by atoms with van der Waals surface area (Å²) in [4.78, 5) is 23.4. The molecule has 1 aliphatic heterocycles. The van der Waals surface area contributed by atoms with Crippen molar-refractivity contribution in [3.8, 4) is 0 Å². The zero-order valence-electron chi connectivity index (χ0n) is 11.0. The van der Waals surface area contributed by atoms with E-state index in [2.05, 4.69) is 29.8 Å². The fourth-order valence-electron chi connectivity index (χ4n) is 1.98. The van der Waals surface area contributed by atoms with E-state index in [1.54, 1.807) is 6.20 Å². The molecule has 0 radical (unpaired) electrons. The first-order valence-electron chi connectivity index (χ1n) is 6.35. The number of aryl methyl sites for hydroxylation is 1. The molecule has 1 saturated heterocycles. The van der Waals surface area contributed by atoms with E-state index in [9.17, 15) is 0 Å². The Morgan fingerprint density at radius 2 is 1.90 bits per heavy atom. The van der Waals surface area contributed by atoms with E-state index in [0.29, 0.717) is 16.3 Å². The van der Waals surface area contributed by atoms with Crippen LogP contribution in [0.4, 0.5) is 5.95 Å². The monoisotopic (exact) mass is 308 g/mol. The molecule has 0 amide bonds. The van der Waals surface area contributed by atoms with Crippen LogP contribution in [0.1, 0.15) is 18.5 Å². The van der Waals surface area contributed by atoms with E-state index in [1.165, 1.54) is 11.8 Å². The highest BCUT2D eigenvalue weighted by molar-refractivity contribution is 7.99. The average molecular weight is 309 g/mol. The summed E-state index contributed by atoms with van der Waals surface area (Å²) in [7, 11) is 0. The number of halogens is 1. The van der Waals surface area contributed by atoms with Crippen molar-refractivity contribution in [2.75, 3.05) is 18.0 Å². The van der Waals surface area contributed by atoms with Gasteiger partial charge in [-0.2, -0.15) is 15.0 Å². The molecule has 0 aliphatic carbocycles. The zero-order valence-corrected chi connectivity index (χ0v) is 12.5. The van der Waals surface area contributed by atoms with E-state index in [-0.39, 0.29) is 5.28 Å². The molecule has 2 aromatic rings. The van der Waals surface area contributed by atoms with Crippen LogP contribution in [-0.4, -0.2) is 38.0 Å². The lowest BCUT2D eigenvalue weighted by molar-refractivity contribution is 0.821. The average Bonchev–Trinajstić information content (AvgIpc) is 2.91. The lowest BCUT2D eigenvalue weighted by Gasteiger charge is -2.15. The Balaban J connectivity index is 1.85. The summed E-state index contributed by atoms with van der Waals surface area (Å²) >= 11 is 7.28. The Labute approximate surface area is 126 Å². The second-order valence-electron chi connectivity index (χ2n) is 4.46. The van der Waals surface area contributed by atoms with E-state index in [1.807, 2.05) is 13.0 Å². The van der Waals surface area contributed by atoms with Crippen LogP contribution in [-0.2, 0) is 0 Å². The SMILES string of the molecule is Cc1ccnc(Sc2nc(Cl)nc(N3CCCC3)n2)n1. The fraction of sp³-hybridized carbons (Fsp3) is 0.417. The number of hydrogen-bond donors (Lipinski definition) is 0. The largest absolute Gasteiger partial charge is 0.341 e. The molecule has 2 aromatic heterocycles. The topological polar surface area (TPSA) is 67.7 Å². The third-order valence-electron chi connectivity index (χ3n) is 2.92. The van der Waals surface area contributed by atoms with Gasteiger partial charge in [-0.1, -0.05) is 0 Å². The molecule has 0 spiro atoms. The van der Waals surface area contributed by atoms with Gasteiger partial charge in [0.25, 0.3) is 0 Å². The third-order valence-corrected chi connectivity index (χ3v) is 3.83. The molecule has 0 saturated carbocycles. The maximum absolute atomic E-state index is 5.98. The van der Waals surface area contributed by atoms with Gasteiger partial charge in [-0.3, -0.25) is 0 Å². The van der Waals surface area contributed by atoms with Gasteiger partial charge in [0, 0.05) is 25.0 Å². The first-order valence-corrected chi connectivity index (χ1v) is 7.54. The zero-order chi connectivity index (χ0) is 13.9. The van der Waals surface area contributed by atoms with Crippen molar-refractivity contribution < 1.29 is 0 Å². The molecule has 3 heterocycles. The molecule has 0 aromatic carbocycles. The van der Waals surface area contributed by atoms with Crippen LogP contribution in [0.3, 0.4) is 0 Å². The van der Waals surface area contributed by atoms with Gasteiger partial charge in [-0.15, -0.1) is 0 Å². The van der Waals surface area contributed by atoms with Crippen LogP contribution in [0.25, 0.3) is 0 Å². The summed E-state index contributed by atoms with van der Waals surface area (Å²) in [6.07, 6.45) is 4.04. The summed E-state index contributed by atoms with van der Waals surface area (Å²) in [6, 6.07) is 1.85. The van der Waals surface area contributed by atoms with Crippen LogP contribution in [0, 0.1) is 6.92 Å². The van der Waals surface area contributed by atoms with Crippen molar-refractivity contribution in [2.24, 2.45) is 0 Å². The first-order chi connectivity index (χ1) is 9.70. The molecule has 1 fully saturated rings. The number of hydrogen-bond acceptors (Lipinski definition) is 7. The molecule has 0 N–H and O–H groups in total. The quantitative estimate of drug-likeness (QED) is 0.806. The van der Waals surface area contributed by atoms with Crippen LogP contribution in [0.15, 0.2) is 22.6 Å². The molecule has 3 rings (SSSR count). The lowest BCUT2D eigenvalue weighted by Crippen LogP contribution is -2.21. The summed E-state index contributed by atoms with van der Waals surface area (Å²) < 4.78 is 0. The van der Waals surface area contributed by atoms with Gasteiger partial charge in [0.1, 0.15) is 0 Å². The van der Waals surface area contributed by atoms with Crippen LogP contribution in [0.5, 0.6) is 0 Å². The highest BCUT2D eigenvalue weighted by atomic mass is 35.5. The summed E-state index contributed by atoms with van der Waals surface area (Å²) in [6.45, 7) is 3.85. The minimum absolute atomic E-state index is 0.206.